The summed E-state index contributed by atoms with van der Waals surface area (Å²) in [4.78, 5) is 18.3. The minimum absolute atomic E-state index is 0.0243. The number of ether oxygens (including phenoxy) is 1. The summed E-state index contributed by atoms with van der Waals surface area (Å²) in [7, 11) is 1.50. The number of aromatic nitrogens is 1. The van der Waals surface area contributed by atoms with Crippen molar-refractivity contribution in [2.75, 3.05) is 24.3 Å². The summed E-state index contributed by atoms with van der Waals surface area (Å²) < 4.78 is 18.7. The fourth-order valence-electron chi connectivity index (χ4n) is 3.31. The number of carbonyl (C=O) groups is 1. The zero-order valence-electron chi connectivity index (χ0n) is 14.9. The van der Waals surface area contributed by atoms with E-state index in [1.165, 1.54) is 19.2 Å². The number of benzene rings is 1. The Morgan fingerprint density at radius 2 is 2.08 bits per heavy atom. The largest absolute Gasteiger partial charge is 0.496 e. The summed E-state index contributed by atoms with van der Waals surface area (Å²) in [5, 5.41) is 0. The number of carbonyl (C=O) groups excluding carboxylic acids is 1. The molecule has 6 heteroatoms. The van der Waals surface area contributed by atoms with Crippen LogP contribution in [0.2, 0.25) is 0 Å². The van der Waals surface area contributed by atoms with Gasteiger partial charge in [0.15, 0.2) is 0 Å². The van der Waals surface area contributed by atoms with Gasteiger partial charge in [-0.1, -0.05) is 19.9 Å². The van der Waals surface area contributed by atoms with Gasteiger partial charge in [0.2, 0.25) is 5.91 Å². The van der Waals surface area contributed by atoms with Gasteiger partial charge in [-0.15, -0.1) is 0 Å². The Balaban J connectivity index is 2.05. The number of nitrogen functional groups attached to an aromatic ring is 1. The molecule has 1 aromatic carbocycles. The molecule has 1 amide bonds. The predicted molar refractivity (Wildman–Crippen MR) is 95.5 cm³/mol. The van der Waals surface area contributed by atoms with Crippen LogP contribution >= 0.6 is 0 Å². The molecule has 1 aliphatic rings. The highest BCUT2D eigenvalue weighted by atomic mass is 19.1. The zero-order chi connectivity index (χ0) is 18.4. The molecule has 3 rings (SSSR count). The molecule has 0 aliphatic carbocycles. The first-order valence-corrected chi connectivity index (χ1v) is 8.13. The van der Waals surface area contributed by atoms with Crippen molar-refractivity contribution in [1.29, 1.82) is 0 Å². The monoisotopic (exact) mass is 343 g/mol. The number of hydrogen-bond donors (Lipinski definition) is 1. The van der Waals surface area contributed by atoms with Crippen LogP contribution in [0, 0.1) is 5.82 Å². The van der Waals surface area contributed by atoms with Crippen LogP contribution in [0.1, 0.15) is 37.6 Å². The van der Waals surface area contributed by atoms with E-state index < -0.39 is 0 Å². The second-order valence-corrected chi connectivity index (χ2v) is 7.02. The van der Waals surface area contributed by atoms with Gasteiger partial charge in [-0.25, -0.2) is 9.37 Å². The van der Waals surface area contributed by atoms with Gasteiger partial charge in [-0.3, -0.25) is 4.79 Å². The Morgan fingerprint density at radius 1 is 1.36 bits per heavy atom. The second kappa shape index (κ2) is 6.02. The summed E-state index contributed by atoms with van der Waals surface area (Å²) in [6.45, 7) is 6.21. The first-order chi connectivity index (χ1) is 11.7. The minimum Gasteiger partial charge on any atom is -0.496 e. The van der Waals surface area contributed by atoms with Crippen LogP contribution < -0.4 is 15.4 Å². The summed E-state index contributed by atoms with van der Waals surface area (Å²) in [6.07, 6.45) is 0.446. The number of rotatable bonds is 3. The van der Waals surface area contributed by atoms with Crippen molar-refractivity contribution >= 4 is 17.4 Å². The maximum Gasteiger partial charge on any atom is 0.223 e. The highest BCUT2D eigenvalue weighted by Gasteiger charge is 2.39. The standard InChI is InChI=1S/C19H22FN3O2/c1-11(24)23-10-19(2,3)17-15(23)8-13(18(21)22-17)7-12-5-6-14(20)9-16(12)25-4/h5-6,8-9H,7,10H2,1-4H3,(H2,21,22). The van der Waals surface area contributed by atoms with Crippen LogP contribution in [0.5, 0.6) is 5.75 Å². The number of amides is 1. The van der Waals surface area contributed by atoms with Crippen LogP contribution in [-0.4, -0.2) is 24.5 Å². The average Bonchev–Trinajstić information content (AvgIpc) is 2.80. The summed E-state index contributed by atoms with van der Waals surface area (Å²) in [5.41, 5.74) is 9.14. The Kier molecular flexibility index (Phi) is 4.14. The maximum absolute atomic E-state index is 13.4. The van der Waals surface area contributed by atoms with E-state index in [4.69, 9.17) is 10.5 Å². The van der Waals surface area contributed by atoms with Crippen molar-refractivity contribution in [3.63, 3.8) is 0 Å². The third kappa shape index (κ3) is 3.04. The number of methoxy groups -OCH3 is 1. The van der Waals surface area contributed by atoms with Crippen molar-refractivity contribution in [2.45, 2.75) is 32.6 Å². The van der Waals surface area contributed by atoms with E-state index in [0.717, 1.165) is 22.5 Å². The van der Waals surface area contributed by atoms with Gasteiger partial charge in [-0.05, 0) is 17.7 Å². The van der Waals surface area contributed by atoms with Gasteiger partial charge in [-0.2, -0.15) is 0 Å². The molecule has 0 saturated carbocycles. The molecule has 5 nitrogen and oxygen atoms in total. The number of nitrogens with two attached hydrogens (primary N) is 1. The van der Waals surface area contributed by atoms with Gasteiger partial charge >= 0.3 is 0 Å². The SMILES string of the molecule is COc1cc(F)ccc1Cc1cc2c(nc1N)C(C)(C)CN2C(C)=O. The number of nitrogens with zero attached hydrogens (tertiary/aromatic N) is 2. The van der Waals surface area contributed by atoms with Gasteiger partial charge in [0.05, 0.1) is 18.5 Å². The molecule has 2 N–H and O–H groups in total. The van der Waals surface area contributed by atoms with Crippen molar-refractivity contribution in [1.82, 2.24) is 4.98 Å². The molecule has 0 spiro atoms. The molecule has 2 heterocycles. The molecule has 1 aliphatic heterocycles. The Labute approximate surface area is 146 Å². The van der Waals surface area contributed by atoms with Crippen LogP contribution in [0.4, 0.5) is 15.9 Å². The van der Waals surface area contributed by atoms with Crippen LogP contribution in [0.3, 0.4) is 0 Å². The summed E-state index contributed by atoms with van der Waals surface area (Å²) >= 11 is 0. The topological polar surface area (TPSA) is 68.5 Å². The molecular formula is C19H22FN3O2. The molecular weight excluding hydrogens is 321 g/mol. The van der Waals surface area contributed by atoms with E-state index in [1.807, 2.05) is 19.9 Å². The first-order valence-electron chi connectivity index (χ1n) is 8.13. The van der Waals surface area contributed by atoms with E-state index >= 15 is 0 Å². The fourth-order valence-corrected chi connectivity index (χ4v) is 3.31. The third-order valence-corrected chi connectivity index (χ3v) is 4.61. The summed E-state index contributed by atoms with van der Waals surface area (Å²) in [5.74, 6) is 0.501. The minimum atomic E-state index is -0.356. The average molecular weight is 343 g/mol. The van der Waals surface area contributed by atoms with Crippen LogP contribution in [0.25, 0.3) is 0 Å². The second-order valence-electron chi connectivity index (χ2n) is 7.02. The fraction of sp³-hybridized carbons (Fsp3) is 0.368. The Hall–Kier alpha value is -2.63. The normalized spacial score (nSPS) is 15.2. The van der Waals surface area contributed by atoms with E-state index in [0.29, 0.717) is 24.5 Å². The lowest BCUT2D eigenvalue weighted by atomic mass is 9.90. The molecule has 0 atom stereocenters. The number of anilines is 2. The number of pyridine rings is 1. The van der Waals surface area contributed by atoms with Gasteiger partial charge in [0, 0.05) is 36.9 Å². The van der Waals surface area contributed by atoms with Gasteiger partial charge in [0.1, 0.15) is 17.4 Å². The lowest BCUT2D eigenvalue weighted by molar-refractivity contribution is -0.116. The maximum atomic E-state index is 13.4. The number of hydrogen-bond acceptors (Lipinski definition) is 4. The van der Waals surface area contributed by atoms with Gasteiger partial charge < -0.3 is 15.4 Å². The lowest BCUT2D eigenvalue weighted by Crippen LogP contribution is -2.32. The Bertz CT molecular complexity index is 849. The van der Waals surface area contributed by atoms with Crippen molar-refractivity contribution in [2.24, 2.45) is 0 Å². The van der Waals surface area contributed by atoms with Gasteiger partial charge in [0.25, 0.3) is 0 Å². The van der Waals surface area contributed by atoms with Crippen LogP contribution in [-0.2, 0) is 16.6 Å². The molecule has 132 valence electrons. The van der Waals surface area contributed by atoms with E-state index in [1.54, 1.807) is 17.9 Å². The molecule has 2 aromatic rings. The molecule has 0 bridgehead atoms. The van der Waals surface area contributed by atoms with Crippen molar-refractivity contribution in [3.8, 4) is 5.75 Å². The third-order valence-electron chi connectivity index (χ3n) is 4.61. The van der Waals surface area contributed by atoms with E-state index in [9.17, 15) is 9.18 Å². The molecule has 0 radical (unpaired) electrons. The molecule has 0 unspecified atom stereocenters. The molecule has 0 saturated heterocycles. The lowest BCUT2D eigenvalue weighted by Gasteiger charge is -2.18. The highest BCUT2D eigenvalue weighted by Crippen LogP contribution is 2.41. The highest BCUT2D eigenvalue weighted by molar-refractivity contribution is 5.94. The summed E-state index contributed by atoms with van der Waals surface area (Å²) in [6, 6.07) is 6.32. The van der Waals surface area contributed by atoms with Crippen molar-refractivity contribution < 1.29 is 13.9 Å². The predicted octanol–water partition coefficient (Wildman–Crippen LogP) is 3.05. The zero-order valence-corrected chi connectivity index (χ0v) is 14.9. The smallest absolute Gasteiger partial charge is 0.223 e. The van der Waals surface area contributed by atoms with E-state index in [-0.39, 0.29) is 17.1 Å². The molecule has 0 fully saturated rings. The number of halogens is 1. The molecule has 25 heavy (non-hydrogen) atoms. The number of fused-ring (bicyclic) bond motifs is 1. The Morgan fingerprint density at radius 3 is 2.72 bits per heavy atom. The van der Waals surface area contributed by atoms with E-state index in [2.05, 4.69) is 4.98 Å². The first kappa shape index (κ1) is 17.2. The van der Waals surface area contributed by atoms with Crippen molar-refractivity contribution in [3.05, 3.63) is 46.9 Å². The quantitative estimate of drug-likeness (QED) is 0.930. The van der Waals surface area contributed by atoms with Crippen LogP contribution in [0.15, 0.2) is 24.3 Å². The molecule has 1 aromatic heterocycles.